The Balaban J connectivity index is 1.68. The second-order valence-electron chi connectivity index (χ2n) is 4.20. The molecule has 88 valence electrons. The summed E-state index contributed by atoms with van der Waals surface area (Å²) in [4.78, 5) is 0. The fraction of sp³-hybridized carbons (Fsp3) is 0.583. The first kappa shape index (κ1) is 11.4. The summed E-state index contributed by atoms with van der Waals surface area (Å²) in [7, 11) is 0. The number of nitrogens with zero attached hydrogens (tertiary/aromatic N) is 2. The van der Waals surface area contributed by atoms with E-state index in [0.29, 0.717) is 0 Å². The third kappa shape index (κ3) is 3.18. The SMILES string of the molecule is C=Cn1cc(CNCC2CCOCC2)cn1. The average molecular weight is 221 g/mol. The van der Waals surface area contributed by atoms with Gasteiger partial charge in [-0.2, -0.15) is 5.10 Å². The maximum atomic E-state index is 5.33. The first-order chi connectivity index (χ1) is 7.88. The highest BCUT2D eigenvalue weighted by molar-refractivity contribution is 5.17. The normalized spacial score (nSPS) is 17.5. The number of aromatic nitrogens is 2. The Labute approximate surface area is 96.3 Å². The third-order valence-electron chi connectivity index (χ3n) is 2.95. The first-order valence-corrected chi connectivity index (χ1v) is 5.82. The summed E-state index contributed by atoms with van der Waals surface area (Å²) in [5, 5.41) is 7.60. The van der Waals surface area contributed by atoms with E-state index in [9.17, 15) is 0 Å². The molecule has 0 saturated carbocycles. The topological polar surface area (TPSA) is 39.1 Å². The molecule has 0 radical (unpaired) electrons. The highest BCUT2D eigenvalue weighted by Gasteiger charge is 2.12. The maximum Gasteiger partial charge on any atom is 0.0538 e. The Bertz CT molecular complexity index is 329. The molecule has 0 bridgehead atoms. The summed E-state index contributed by atoms with van der Waals surface area (Å²) < 4.78 is 7.06. The van der Waals surface area contributed by atoms with Crippen LogP contribution >= 0.6 is 0 Å². The highest BCUT2D eigenvalue weighted by Crippen LogP contribution is 2.13. The van der Waals surface area contributed by atoms with Crippen molar-refractivity contribution in [2.45, 2.75) is 19.4 Å². The van der Waals surface area contributed by atoms with Crippen LogP contribution in [0.3, 0.4) is 0 Å². The molecule has 0 aromatic carbocycles. The summed E-state index contributed by atoms with van der Waals surface area (Å²) in [6.45, 7) is 7.45. The quantitative estimate of drug-likeness (QED) is 0.819. The molecule has 0 amide bonds. The van der Waals surface area contributed by atoms with Gasteiger partial charge >= 0.3 is 0 Å². The molecule has 1 N–H and O–H groups in total. The minimum absolute atomic E-state index is 0.767. The van der Waals surface area contributed by atoms with Crippen molar-refractivity contribution in [2.75, 3.05) is 19.8 Å². The van der Waals surface area contributed by atoms with Gasteiger partial charge in [-0.3, -0.25) is 0 Å². The minimum Gasteiger partial charge on any atom is -0.381 e. The van der Waals surface area contributed by atoms with Crippen LogP contribution in [0.5, 0.6) is 0 Å². The molecule has 4 nitrogen and oxygen atoms in total. The van der Waals surface area contributed by atoms with E-state index in [-0.39, 0.29) is 0 Å². The van der Waals surface area contributed by atoms with Gasteiger partial charge in [0, 0.05) is 37.7 Å². The van der Waals surface area contributed by atoms with Crippen LogP contribution in [0.25, 0.3) is 6.20 Å². The fourth-order valence-corrected chi connectivity index (χ4v) is 1.94. The van der Waals surface area contributed by atoms with Gasteiger partial charge in [0.05, 0.1) is 6.20 Å². The van der Waals surface area contributed by atoms with Crippen LogP contribution in [-0.2, 0) is 11.3 Å². The number of hydrogen-bond acceptors (Lipinski definition) is 3. The molecule has 0 spiro atoms. The summed E-state index contributed by atoms with van der Waals surface area (Å²) >= 11 is 0. The predicted octanol–water partition coefficient (Wildman–Crippen LogP) is 1.50. The van der Waals surface area contributed by atoms with Crippen LogP contribution in [0, 0.1) is 5.92 Å². The molecule has 1 aromatic rings. The fourth-order valence-electron chi connectivity index (χ4n) is 1.94. The number of ether oxygens (including phenoxy) is 1. The second kappa shape index (κ2) is 5.82. The molecular formula is C12H19N3O. The van der Waals surface area contributed by atoms with Crippen molar-refractivity contribution in [3.63, 3.8) is 0 Å². The van der Waals surface area contributed by atoms with E-state index in [4.69, 9.17) is 4.74 Å². The van der Waals surface area contributed by atoms with Gasteiger partial charge in [-0.15, -0.1) is 0 Å². The van der Waals surface area contributed by atoms with E-state index in [0.717, 1.165) is 32.2 Å². The van der Waals surface area contributed by atoms with E-state index in [1.54, 1.807) is 10.9 Å². The Hall–Kier alpha value is -1.13. The molecule has 16 heavy (non-hydrogen) atoms. The van der Waals surface area contributed by atoms with Crippen LogP contribution in [0.1, 0.15) is 18.4 Å². The van der Waals surface area contributed by atoms with E-state index in [1.165, 1.54) is 18.4 Å². The Morgan fingerprint density at radius 3 is 3.06 bits per heavy atom. The van der Waals surface area contributed by atoms with Crippen molar-refractivity contribution in [3.05, 3.63) is 24.5 Å². The Morgan fingerprint density at radius 1 is 1.56 bits per heavy atom. The molecule has 1 saturated heterocycles. The summed E-state index contributed by atoms with van der Waals surface area (Å²) in [5.41, 5.74) is 1.20. The van der Waals surface area contributed by atoms with Crippen LogP contribution in [0.15, 0.2) is 19.0 Å². The van der Waals surface area contributed by atoms with Crippen LogP contribution in [0.2, 0.25) is 0 Å². The monoisotopic (exact) mass is 221 g/mol. The average Bonchev–Trinajstić information content (AvgIpc) is 2.78. The smallest absolute Gasteiger partial charge is 0.0538 e. The van der Waals surface area contributed by atoms with E-state index in [2.05, 4.69) is 17.0 Å². The van der Waals surface area contributed by atoms with Crippen molar-refractivity contribution >= 4 is 6.20 Å². The first-order valence-electron chi connectivity index (χ1n) is 5.82. The minimum atomic E-state index is 0.767. The standard InChI is InChI=1S/C12H19N3O/c1-2-15-10-12(9-14-15)8-13-7-11-3-5-16-6-4-11/h2,9-11,13H,1,3-8H2. The third-order valence-corrected chi connectivity index (χ3v) is 2.95. The molecule has 0 atom stereocenters. The lowest BCUT2D eigenvalue weighted by Gasteiger charge is -2.22. The van der Waals surface area contributed by atoms with Gasteiger partial charge < -0.3 is 10.1 Å². The molecule has 1 aliphatic heterocycles. The van der Waals surface area contributed by atoms with Crippen LogP contribution in [0.4, 0.5) is 0 Å². The van der Waals surface area contributed by atoms with Gasteiger partial charge in [-0.25, -0.2) is 4.68 Å². The zero-order valence-corrected chi connectivity index (χ0v) is 9.56. The molecule has 2 heterocycles. The molecular weight excluding hydrogens is 202 g/mol. The number of hydrogen-bond donors (Lipinski definition) is 1. The largest absolute Gasteiger partial charge is 0.381 e. The van der Waals surface area contributed by atoms with Gasteiger partial charge in [0.2, 0.25) is 0 Å². The summed E-state index contributed by atoms with van der Waals surface area (Å²) in [6, 6.07) is 0. The Kier molecular flexibility index (Phi) is 4.13. The zero-order chi connectivity index (χ0) is 11.2. The van der Waals surface area contributed by atoms with Crippen molar-refractivity contribution in [2.24, 2.45) is 5.92 Å². The summed E-state index contributed by atoms with van der Waals surface area (Å²) in [6.07, 6.45) is 7.92. The summed E-state index contributed by atoms with van der Waals surface area (Å²) in [5.74, 6) is 0.767. The number of nitrogens with one attached hydrogen (secondary N) is 1. The highest BCUT2D eigenvalue weighted by atomic mass is 16.5. The number of rotatable bonds is 5. The lowest BCUT2D eigenvalue weighted by atomic mass is 10.0. The molecule has 2 rings (SSSR count). The molecule has 1 aromatic heterocycles. The molecule has 4 heteroatoms. The van der Waals surface area contributed by atoms with Gasteiger partial charge in [-0.05, 0) is 25.3 Å². The van der Waals surface area contributed by atoms with E-state index in [1.807, 2.05) is 12.4 Å². The lowest BCUT2D eigenvalue weighted by Crippen LogP contribution is -2.27. The van der Waals surface area contributed by atoms with Crippen LogP contribution in [-0.4, -0.2) is 29.5 Å². The van der Waals surface area contributed by atoms with Crippen molar-refractivity contribution in [3.8, 4) is 0 Å². The molecule has 0 aliphatic carbocycles. The maximum absolute atomic E-state index is 5.33. The predicted molar refractivity (Wildman–Crippen MR) is 63.9 cm³/mol. The van der Waals surface area contributed by atoms with Gasteiger partial charge in [0.1, 0.15) is 0 Å². The van der Waals surface area contributed by atoms with E-state index < -0.39 is 0 Å². The van der Waals surface area contributed by atoms with Crippen molar-refractivity contribution in [1.29, 1.82) is 0 Å². The second-order valence-corrected chi connectivity index (χ2v) is 4.20. The lowest BCUT2D eigenvalue weighted by molar-refractivity contribution is 0.0662. The van der Waals surface area contributed by atoms with Crippen molar-refractivity contribution < 1.29 is 4.74 Å². The molecule has 1 fully saturated rings. The molecule has 1 aliphatic rings. The van der Waals surface area contributed by atoms with Gasteiger partial charge in [0.15, 0.2) is 0 Å². The van der Waals surface area contributed by atoms with Crippen molar-refractivity contribution in [1.82, 2.24) is 15.1 Å². The zero-order valence-electron chi connectivity index (χ0n) is 9.56. The van der Waals surface area contributed by atoms with Gasteiger partial charge in [-0.1, -0.05) is 6.58 Å². The molecule has 0 unspecified atom stereocenters. The van der Waals surface area contributed by atoms with Gasteiger partial charge in [0.25, 0.3) is 0 Å². The van der Waals surface area contributed by atoms with Crippen LogP contribution < -0.4 is 5.32 Å². The Morgan fingerprint density at radius 2 is 2.38 bits per heavy atom. The van der Waals surface area contributed by atoms with E-state index >= 15 is 0 Å².